The van der Waals surface area contributed by atoms with Crippen molar-refractivity contribution in [1.29, 1.82) is 0 Å². The van der Waals surface area contributed by atoms with Gasteiger partial charge in [-0.3, -0.25) is 4.68 Å². The van der Waals surface area contributed by atoms with E-state index < -0.39 is 0 Å². The summed E-state index contributed by atoms with van der Waals surface area (Å²) in [6, 6.07) is 3.14. The molecule has 1 aliphatic heterocycles. The lowest BCUT2D eigenvalue weighted by Gasteiger charge is -2.23. The molecule has 0 amide bonds. The van der Waals surface area contributed by atoms with Crippen LogP contribution in [0.25, 0.3) is 0 Å². The van der Waals surface area contributed by atoms with Crippen LogP contribution in [-0.4, -0.2) is 32.0 Å². The van der Waals surface area contributed by atoms with Gasteiger partial charge in [-0.25, -0.2) is 4.98 Å². The molecule has 0 bridgehead atoms. The molecular formula is C17H27N5O. The summed E-state index contributed by atoms with van der Waals surface area (Å²) in [5.74, 6) is 0. The fraction of sp³-hybridized carbons (Fsp3) is 0.647. The van der Waals surface area contributed by atoms with Gasteiger partial charge in [0.15, 0.2) is 0 Å². The van der Waals surface area contributed by atoms with Crippen LogP contribution in [0, 0.1) is 0 Å². The van der Waals surface area contributed by atoms with E-state index in [1.54, 1.807) is 0 Å². The SMILES string of the molecule is CC(C)n1cncc1CN[C@H]1CCO[C@@H]1c1ccnn1C(C)C. The Morgan fingerprint density at radius 2 is 2.13 bits per heavy atom. The van der Waals surface area contributed by atoms with E-state index in [-0.39, 0.29) is 6.10 Å². The van der Waals surface area contributed by atoms with Crippen molar-refractivity contribution < 1.29 is 4.74 Å². The second-order valence-corrected chi connectivity index (χ2v) is 6.75. The zero-order valence-corrected chi connectivity index (χ0v) is 14.4. The smallest absolute Gasteiger partial charge is 0.114 e. The molecule has 0 radical (unpaired) electrons. The minimum Gasteiger partial charge on any atom is -0.370 e. The normalized spacial score (nSPS) is 21.7. The minimum atomic E-state index is 0.0651. The van der Waals surface area contributed by atoms with Gasteiger partial charge >= 0.3 is 0 Å². The van der Waals surface area contributed by atoms with Crippen molar-refractivity contribution in [3.63, 3.8) is 0 Å². The Hall–Kier alpha value is -1.66. The second kappa shape index (κ2) is 6.84. The van der Waals surface area contributed by atoms with Crippen LogP contribution >= 0.6 is 0 Å². The van der Waals surface area contributed by atoms with Crippen LogP contribution in [0.2, 0.25) is 0 Å². The highest BCUT2D eigenvalue weighted by atomic mass is 16.5. The molecule has 0 aromatic carbocycles. The quantitative estimate of drug-likeness (QED) is 0.890. The highest BCUT2D eigenvalue weighted by Crippen LogP contribution is 2.30. The maximum atomic E-state index is 6.00. The first-order valence-electron chi connectivity index (χ1n) is 8.47. The monoisotopic (exact) mass is 317 g/mol. The Bertz CT molecular complexity index is 630. The van der Waals surface area contributed by atoms with Gasteiger partial charge in [-0.1, -0.05) is 0 Å². The summed E-state index contributed by atoms with van der Waals surface area (Å²) in [5.41, 5.74) is 2.37. The Morgan fingerprint density at radius 3 is 2.87 bits per heavy atom. The maximum Gasteiger partial charge on any atom is 0.114 e. The van der Waals surface area contributed by atoms with Crippen molar-refractivity contribution >= 4 is 0 Å². The van der Waals surface area contributed by atoms with Gasteiger partial charge in [0, 0.05) is 43.7 Å². The average Bonchev–Trinajstić information content (AvgIpc) is 3.23. The van der Waals surface area contributed by atoms with Gasteiger partial charge in [0.1, 0.15) is 6.10 Å². The molecule has 0 unspecified atom stereocenters. The number of nitrogens with zero attached hydrogens (tertiary/aromatic N) is 4. The number of ether oxygens (including phenoxy) is 1. The van der Waals surface area contributed by atoms with E-state index in [0.29, 0.717) is 18.1 Å². The molecule has 3 heterocycles. The predicted molar refractivity (Wildman–Crippen MR) is 89.2 cm³/mol. The zero-order chi connectivity index (χ0) is 16.4. The van der Waals surface area contributed by atoms with Crippen molar-refractivity contribution in [1.82, 2.24) is 24.6 Å². The number of nitrogens with one attached hydrogen (secondary N) is 1. The van der Waals surface area contributed by atoms with E-state index >= 15 is 0 Å². The van der Waals surface area contributed by atoms with Crippen LogP contribution in [0.4, 0.5) is 0 Å². The molecule has 1 aliphatic rings. The van der Waals surface area contributed by atoms with Gasteiger partial charge in [-0.05, 0) is 40.2 Å². The summed E-state index contributed by atoms with van der Waals surface area (Å²) < 4.78 is 10.3. The standard InChI is InChI=1S/C17H27N5O/c1-12(2)21-11-18-9-14(21)10-19-15-6-8-23-17(15)16-5-7-20-22(16)13(3)4/h5,7,9,11-13,15,17,19H,6,8,10H2,1-4H3/t15-,17-/m0/s1. The molecular weight excluding hydrogens is 290 g/mol. The van der Waals surface area contributed by atoms with Crippen molar-refractivity contribution in [3.05, 3.63) is 36.2 Å². The molecule has 2 aromatic heterocycles. The van der Waals surface area contributed by atoms with Crippen molar-refractivity contribution in [2.45, 2.75) is 64.9 Å². The van der Waals surface area contributed by atoms with E-state index in [0.717, 1.165) is 25.3 Å². The Labute approximate surface area is 137 Å². The van der Waals surface area contributed by atoms with Crippen LogP contribution in [0.1, 0.15) is 63.7 Å². The first kappa shape index (κ1) is 16.2. The Kier molecular flexibility index (Phi) is 4.82. The zero-order valence-electron chi connectivity index (χ0n) is 14.4. The molecule has 6 heteroatoms. The lowest BCUT2D eigenvalue weighted by atomic mass is 10.1. The highest BCUT2D eigenvalue weighted by molar-refractivity contribution is 5.11. The molecule has 6 nitrogen and oxygen atoms in total. The average molecular weight is 317 g/mol. The van der Waals surface area contributed by atoms with Crippen molar-refractivity contribution in [2.24, 2.45) is 0 Å². The lowest BCUT2D eigenvalue weighted by molar-refractivity contribution is 0.0897. The molecule has 0 aliphatic carbocycles. The largest absolute Gasteiger partial charge is 0.370 e. The molecule has 3 rings (SSSR count). The molecule has 2 aromatic rings. The number of hydrogen-bond donors (Lipinski definition) is 1. The van der Waals surface area contributed by atoms with Crippen LogP contribution in [-0.2, 0) is 11.3 Å². The number of hydrogen-bond acceptors (Lipinski definition) is 4. The summed E-state index contributed by atoms with van der Waals surface area (Å²) in [5, 5.41) is 8.09. The fourth-order valence-electron chi connectivity index (χ4n) is 3.24. The number of imidazole rings is 1. The summed E-state index contributed by atoms with van der Waals surface area (Å²) in [6.07, 6.45) is 6.79. The van der Waals surface area contributed by atoms with E-state index in [9.17, 15) is 0 Å². The van der Waals surface area contributed by atoms with Crippen LogP contribution in [0.15, 0.2) is 24.8 Å². The van der Waals surface area contributed by atoms with E-state index in [1.165, 1.54) is 5.69 Å². The molecule has 2 atom stereocenters. The number of aromatic nitrogens is 4. The van der Waals surface area contributed by atoms with Gasteiger partial charge in [-0.2, -0.15) is 5.10 Å². The third-order valence-corrected chi connectivity index (χ3v) is 4.42. The van der Waals surface area contributed by atoms with Crippen molar-refractivity contribution in [3.8, 4) is 0 Å². The van der Waals surface area contributed by atoms with Gasteiger partial charge in [0.05, 0.1) is 17.7 Å². The molecule has 0 spiro atoms. The Balaban J connectivity index is 1.70. The van der Waals surface area contributed by atoms with Crippen molar-refractivity contribution in [2.75, 3.05) is 6.61 Å². The van der Waals surface area contributed by atoms with E-state index in [4.69, 9.17) is 4.74 Å². The summed E-state index contributed by atoms with van der Waals surface area (Å²) in [7, 11) is 0. The topological polar surface area (TPSA) is 56.9 Å². The Morgan fingerprint density at radius 1 is 1.30 bits per heavy atom. The van der Waals surface area contributed by atoms with Crippen LogP contribution < -0.4 is 5.32 Å². The molecule has 1 saturated heterocycles. The van der Waals surface area contributed by atoms with Gasteiger partial charge in [-0.15, -0.1) is 0 Å². The first-order valence-corrected chi connectivity index (χ1v) is 8.47. The molecule has 23 heavy (non-hydrogen) atoms. The van der Waals surface area contributed by atoms with E-state index in [1.807, 2.05) is 18.7 Å². The number of rotatable bonds is 6. The predicted octanol–water partition coefficient (Wildman–Crippen LogP) is 2.86. The third-order valence-electron chi connectivity index (χ3n) is 4.42. The minimum absolute atomic E-state index is 0.0651. The van der Waals surface area contributed by atoms with E-state index in [2.05, 4.69) is 58.4 Å². The van der Waals surface area contributed by atoms with Gasteiger partial charge in [0.25, 0.3) is 0 Å². The molecule has 0 saturated carbocycles. The molecule has 126 valence electrons. The maximum absolute atomic E-state index is 6.00. The molecule has 1 fully saturated rings. The van der Waals surface area contributed by atoms with Crippen LogP contribution in [0.3, 0.4) is 0 Å². The lowest BCUT2D eigenvalue weighted by Crippen LogP contribution is -2.33. The molecule has 1 N–H and O–H groups in total. The summed E-state index contributed by atoms with van der Waals surface area (Å²) in [4.78, 5) is 4.27. The summed E-state index contributed by atoms with van der Waals surface area (Å²) >= 11 is 0. The summed E-state index contributed by atoms with van der Waals surface area (Å²) in [6.45, 7) is 10.2. The third kappa shape index (κ3) is 3.33. The van der Waals surface area contributed by atoms with Gasteiger partial charge < -0.3 is 14.6 Å². The highest BCUT2D eigenvalue weighted by Gasteiger charge is 2.32. The van der Waals surface area contributed by atoms with Gasteiger partial charge in [0.2, 0.25) is 0 Å². The second-order valence-electron chi connectivity index (χ2n) is 6.75. The first-order chi connectivity index (χ1) is 11.1. The fourth-order valence-corrected chi connectivity index (χ4v) is 3.24. The van der Waals surface area contributed by atoms with Crippen LogP contribution in [0.5, 0.6) is 0 Å².